The van der Waals surface area contributed by atoms with Gasteiger partial charge in [-0.05, 0) is 61.0 Å². The smallest absolute Gasteiger partial charge is 0.266 e. The molecule has 1 aliphatic heterocycles. The fraction of sp³-hybridized carbons (Fsp3) is 0.273. The number of carbonyl (C=O) groups is 1. The maximum atomic E-state index is 12.8. The van der Waals surface area contributed by atoms with Crippen LogP contribution < -0.4 is 4.74 Å². The van der Waals surface area contributed by atoms with Crippen molar-refractivity contribution >= 4 is 34.6 Å². The topological polar surface area (TPSA) is 41.9 Å². The molecule has 0 bridgehead atoms. The quantitative estimate of drug-likeness (QED) is 0.471. The highest BCUT2D eigenvalue weighted by atomic mass is 32.2. The summed E-state index contributed by atoms with van der Waals surface area (Å²) in [5.74, 6) is 0.827. The van der Waals surface area contributed by atoms with Crippen LogP contribution in [-0.4, -0.2) is 29.1 Å². The summed E-state index contributed by atoms with van der Waals surface area (Å²) >= 11 is 1.42. The maximum absolute atomic E-state index is 12.8. The molecule has 0 unspecified atom stereocenters. The number of amidine groups is 1. The lowest BCUT2D eigenvalue weighted by Gasteiger charge is -2.11. The Morgan fingerprint density at radius 3 is 2.67 bits per heavy atom. The number of amides is 1. The summed E-state index contributed by atoms with van der Waals surface area (Å²) in [6, 6.07) is 17.6. The summed E-state index contributed by atoms with van der Waals surface area (Å²) in [5, 5.41) is 0.718. The molecule has 4 nitrogen and oxygen atoms in total. The zero-order chi connectivity index (χ0) is 19.1. The highest BCUT2D eigenvalue weighted by Gasteiger charge is 2.32. The van der Waals surface area contributed by atoms with Crippen LogP contribution in [-0.2, 0) is 4.79 Å². The molecule has 140 valence electrons. The largest absolute Gasteiger partial charge is 0.494 e. The lowest BCUT2D eigenvalue weighted by atomic mass is 10.2. The number of nitrogens with zero attached hydrogens (tertiary/aromatic N) is 2. The summed E-state index contributed by atoms with van der Waals surface area (Å²) in [4.78, 5) is 19.8. The van der Waals surface area contributed by atoms with E-state index in [2.05, 4.69) is 11.9 Å². The molecule has 5 heteroatoms. The average Bonchev–Trinajstić information content (AvgIpc) is 2.97. The zero-order valence-electron chi connectivity index (χ0n) is 15.7. The van der Waals surface area contributed by atoms with Gasteiger partial charge in [-0.15, -0.1) is 0 Å². The molecule has 1 saturated heterocycles. The third-order valence-electron chi connectivity index (χ3n) is 4.11. The molecule has 3 rings (SSSR count). The Morgan fingerprint density at radius 1 is 1.11 bits per heavy atom. The minimum absolute atomic E-state index is 0.00511. The van der Waals surface area contributed by atoms with E-state index < -0.39 is 0 Å². The predicted octanol–water partition coefficient (Wildman–Crippen LogP) is 5.49. The van der Waals surface area contributed by atoms with E-state index in [-0.39, 0.29) is 5.91 Å². The van der Waals surface area contributed by atoms with Crippen molar-refractivity contribution in [1.29, 1.82) is 0 Å². The molecule has 2 aromatic carbocycles. The van der Waals surface area contributed by atoms with Crippen LogP contribution in [0.5, 0.6) is 5.75 Å². The van der Waals surface area contributed by atoms with E-state index in [1.165, 1.54) is 11.8 Å². The number of unbranched alkanes of at least 4 members (excludes halogenated alkanes) is 1. The van der Waals surface area contributed by atoms with Gasteiger partial charge in [0.2, 0.25) is 0 Å². The second-order valence-corrected chi connectivity index (χ2v) is 7.17. The molecular weight excluding hydrogens is 356 g/mol. The van der Waals surface area contributed by atoms with Crippen LogP contribution in [0.2, 0.25) is 0 Å². The number of likely N-dealkylation sites (N-methyl/N-ethyl adjacent to an activating group) is 1. The number of ether oxygens (including phenoxy) is 1. The second kappa shape index (κ2) is 9.42. The Bertz CT molecular complexity index is 846. The first-order valence-electron chi connectivity index (χ1n) is 9.29. The van der Waals surface area contributed by atoms with Crippen LogP contribution in [0, 0.1) is 0 Å². The van der Waals surface area contributed by atoms with Crippen LogP contribution in [0.3, 0.4) is 0 Å². The molecule has 27 heavy (non-hydrogen) atoms. The van der Waals surface area contributed by atoms with E-state index in [1.54, 1.807) is 4.90 Å². The van der Waals surface area contributed by atoms with Crippen LogP contribution in [0.25, 0.3) is 6.08 Å². The van der Waals surface area contributed by atoms with Gasteiger partial charge in [0, 0.05) is 6.54 Å². The van der Waals surface area contributed by atoms with Crippen LogP contribution in [0.4, 0.5) is 5.69 Å². The van der Waals surface area contributed by atoms with Crippen molar-refractivity contribution in [2.75, 3.05) is 13.2 Å². The Kier molecular flexibility index (Phi) is 6.71. The first kappa shape index (κ1) is 19.2. The summed E-state index contributed by atoms with van der Waals surface area (Å²) in [7, 11) is 0. The zero-order valence-corrected chi connectivity index (χ0v) is 16.5. The second-order valence-electron chi connectivity index (χ2n) is 6.16. The standard InChI is InChI=1S/C22H24N2O2S/c1-3-5-14-26-19-13-9-10-17(15-19)16-20-21(25)24(4-2)22(27-20)23-18-11-7-6-8-12-18/h6-13,15-16H,3-5,14H2,1-2H3/b20-16+,23-22?. The number of hydrogen-bond donors (Lipinski definition) is 0. The molecular formula is C22H24N2O2S. The van der Waals surface area contributed by atoms with Gasteiger partial charge in [-0.25, -0.2) is 4.99 Å². The molecule has 0 aliphatic carbocycles. The number of benzene rings is 2. The number of thioether (sulfide) groups is 1. The third-order valence-corrected chi connectivity index (χ3v) is 5.11. The van der Waals surface area contributed by atoms with Gasteiger partial charge in [-0.1, -0.05) is 43.7 Å². The van der Waals surface area contributed by atoms with Gasteiger partial charge in [0.05, 0.1) is 17.2 Å². The highest BCUT2D eigenvalue weighted by Crippen LogP contribution is 2.34. The lowest BCUT2D eigenvalue weighted by molar-refractivity contribution is -0.122. The average molecular weight is 381 g/mol. The molecule has 1 heterocycles. The Hall–Kier alpha value is -2.53. The van der Waals surface area contributed by atoms with Gasteiger partial charge in [0.1, 0.15) is 5.75 Å². The molecule has 2 aromatic rings. The van der Waals surface area contributed by atoms with Gasteiger partial charge in [0.15, 0.2) is 5.17 Å². The Morgan fingerprint density at radius 2 is 1.93 bits per heavy atom. The van der Waals surface area contributed by atoms with Crippen molar-refractivity contribution in [1.82, 2.24) is 4.90 Å². The van der Waals surface area contributed by atoms with E-state index in [4.69, 9.17) is 4.74 Å². The highest BCUT2D eigenvalue weighted by molar-refractivity contribution is 8.18. The molecule has 0 N–H and O–H groups in total. The number of aliphatic imine (C=N–C) groups is 1. The number of carbonyl (C=O) groups excluding carboxylic acids is 1. The van der Waals surface area contributed by atoms with Crippen LogP contribution in [0.15, 0.2) is 64.5 Å². The van der Waals surface area contributed by atoms with Crippen molar-refractivity contribution < 1.29 is 9.53 Å². The van der Waals surface area contributed by atoms with E-state index >= 15 is 0 Å². The molecule has 1 amide bonds. The van der Waals surface area contributed by atoms with Crippen LogP contribution in [0.1, 0.15) is 32.3 Å². The van der Waals surface area contributed by atoms with Gasteiger partial charge in [-0.2, -0.15) is 0 Å². The number of hydrogen-bond acceptors (Lipinski definition) is 4. The molecule has 1 fully saturated rings. The summed E-state index contributed by atoms with van der Waals surface area (Å²) in [5.41, 5.74) is 1.80. The van der Waals surface area contributed by atoms with Crippen molar-refractivity contribution in [2.45, 2.75) is 26.7 Å². The van der Waals surface area contributed by atoms with Crippen molar-refractivity contribution in [3.63, 3.8) is 0 Å². The SMILES string of the molecule is CCCCOc1cccc(/C=C2/SC(=Nc3ccccc3)N(CC)C2=O)c1. The fourth-order valence-corrected chi connectivity index (χ4v) is 3.73. The first-order valence-corrected chi connectivity index (χ1v) is 10.1. The number of para-hydroxylation sites is 1. The Balaban J connectivity index is 1.81. The van der Waals surface area contributed by atoms with Crippen LogP contribution >= 0.6 is 11.8 Å². The monoisotopic (exact) mass is 380 g/mol. The fourth-order valence-electron chi connectivity index (χ4n) is 2.66. The summed E-state index contributed by atoms with van der Waals surface area (Å²) in [6.07, 6.45) is 4.05. The normalized spacial score (nSPS) is 17.1. The van der Waals surface area contributed by atoms with Crippen molar-refractivity contribution in [3.05, 3.63) is 65.1 Å². The van der Waals surface area contributed by atoms with E-state index in [0.29, 0.717) is 18.1 Å². The maximum Gasteiger partial charge on any atom is 0.266 e. The molecule has 0 atom stereocenters. The minimum Gasteiger partial charge on any atom is -0.494 e. The third kappa shape index (κ3) is 5.01. The Labute approximate surface area is 164 Å². The van der Waals surface area contributed by atoms with E-state index in [0.717, 1.165) is 35.0 Å². The van der Waals surface area contributed by atoms with E-state index in [9.17, 15) is 4.79 Å². The molecule has 0 aromatic heterocycles. The first-order chi connectivity index (χ1) is 13.2. The van der Waals surface area contributed by atoms with Gasteiger partial charge >= 0.3 is 0 Å². The van der Waals surface area contributed by atoms with Gasteiger partial charge in [-0.3, -0.25) is 9.69 Å². The minimum atomic E-state index is -0.00511. The molecule has 0 spiro atoms. The van der Waals surface area contributed by atoms with Gasteiger partial charge < -0.3 is 4.74 Å². The number of rotatable bonds is 7. The molecule has 1 aliphatic rings. The van der Waals surface area contributed by atoms with Crippen molar-refractivity contribution in [2.24, 2.45) is 4.99 Å². The summed E-state index contributed by atoms with van der Waals surface area (Å²) in [6.45, 7) is 5.40. The predicted molar refractivity (Wildman–Crippen MR) is 113 cm³/mol. The lowest BCUT2D eigenvalue weighted by Crippen LogP contribution is -2.28. The van der Waals surface area contributed by atoms with Crippen molar-refractivity contribution in [3.8, 4) is 5.75 Å². The summed E-state index contributed by atoms with van der Waals surface area (Å²) < 4.78 is 5.77. The molecule has 0 radical (unpaired) electrons. The molecule has 0 saturated carbocycles. The van der Waals surface area contributed by atoms with E-state index in [1.807, 2.05) is 67.6 Å². The van der Waals surface area contributed by atoms with Gasteiger partial charge in [0.25, 0.3) is 5.91 Å².